The molecule has 1 saturated heterocycles. The van der Waals surface area contributed by atoms with Crippen LogP contribution >= 0.6 is 0 Å². The van der Waals surface area contributed by atoms with E-state index in [0.29, 0.717) is 31.3 Å². The van der Waals surface area contributed by atoms with E-state index in [9.17, 15) is 13.2 Å². The first kappa shape index (κ1) is 19.2. The van der Waals surface area contributed by atoms with Crippen LogP contribution in [0.4, 0.5) is 13.2 Å². The predicted molar refractivity (Wildman–Crippen MR) is 89.9 cm³/mol. The molecule has 2 unspecified atom stereocenters. The van der Waals surface area contributed by atoms with Gasteiger partial charge in [0.15, 0.2) is 17.6 Å². The topological polar surface area (TPSA) is 61.8 Å². The summed E-state index contributed by atoms with van der Waals surface area (Å²) in [6.45, 7) is 1.60. The van der Waals surface area contributed by atoms with Crippen molar-refractivity contribution in [3.8, 4) is 17.4 Å². The van der Waals surface area contributed by atoms with Gasteiger partial charge < -0.3 is 24.3 Å². The highest BCUT2D eigenvalue weighted by atomic mass is 19.4. The van der Waals surface area contributed by atoms with Crippen molar-refractivity contribution in [3.63, 3.8) is 0 Å². The number of para-hydroxylation sites is 2. The number of hydrogen-bond acceptors (Lipinski definition) is 6. The normalized spacial score (nSPS) is 18.6. The van der Waals surface area contributed by atoms with E-state index in [0.717, 1.165) is 0 Å². The minimum Gasteiger partial charge on any atom is -0.481 e. The van der Waals surface area contributed by atoms with Crippen LogP contribution in [0, 0.1) is 0 Å². The van der Waals surface area contributed by atoms with Crippen LogP contribution in [0.2, 0.25) is 0 Å². The van der Waals surface area contributed by atoms with Crippen molar-refractivity contribution in [1.82, 2.24) is 10.3 Å². The zero-order chi connectivity index (χ0) is 19.3. The molecule has 0 saturated carbocycles. The largest absolute Gasteiger partial charge is 0.573 e. The van der Waals surface area contributed by atoms with Gasteiger partial charge in [-0.1, -0.05) is 18.2 Å². The van der Waals surface area contributed by atoms with E-state index in [1.54, 1.807) is 24.3 Å². The Kier molecular flexibility index (Phi) is 6.02. The second kappa shape index (κ2) is 8.45. The van der Waals surface area contributed by atoms with Gasteiger partial charge in [-0.3, -0.25) is 0 Å². The second-order valence-electron chi connectivity index (χ2n) is 5.75. The van der Waals surface area contributed by atoms with Crippen molar-refractivity contribution in [2.45, 2.75) is 18.6 Å². The molecule has 0 spiro atoms. The maximum Gasteiger partial charge on any atom is 0.573 e. The number of pyridine rings is 1. The standard InChI is InChI=1S/C18H19F3N2O4/c1-24-16-8-4-5-12(23-16)17(15-11-22-9-10-25-15)26-13-6-2-3-7-14(13)27-18(19,20)21/h2-8,15,17,22H,9-11H2,1H3. The van der Waals surface area contributed by atoms with E-state index in [1.165, 1.54) is 25.3 Å². The molecule has 2 heterocycles. The molecule has 1 N–H and O–H groups in total. The first-order valence-electron chi connectivity index (χ1n) is 8.31. The molecular weight excluding hydrogens is 365 g/mol. The van der Waals surface area contributed by atoms with Gasteiger partial charge in [-0.15, -0.1) is 13.2 Å². The van der Waals surface area contributed by atoms with Crippen LogP contribution in [-0.4, -0.2) is 44.3 Å². The van der Waals surface area contributed by atoms with Gasteiger partial charge in [0, 0.05) is 19.2 Å². The summed E-state index contributed by atoms with van der Waals surface area (Å²) in [5.41, 5.74) is 0.477. The zero-order valence-electron chi connectivity index (χ0n) is 14.5. The van der Waals surface area contributed by atoms with Crippen molar-refractivity contribution < 1.29 is 32.1 Å². The van der Waals surface area contributed by atoms with Crippen LogP contribution < -0.4 is 19.5 Å². The van der Waals surface area contributed by atoms with E-state index >= 15 is 0 Å². The molecule has 0 amide bonds. The van der Waals surface area contributed by atoms with E-state index in [-0.39, 0.29) is 5.75 Å². The maximum absolute atomic E-state index is 12.7. The Morgan fingerprint density at radius 1 is 1.15 bits per heavy atom. The van der Waals surface area contributed by atoms with Gasteiger partial charge in [-0.25, -0.2) is 4.98 Å². The minimum absolute atomic E-state index is 0.0568. The van der Waals surface area contributed by atoms with Gasteiger partial charge in [0.1, 0.15) is 6.10 Å². The Morgan fingerprint density at radius 3 is 2.59 bits per heavy atom. The summed E-state index contributed by atoms with van der Waals surface area (Å²) in [7, 11) is 1.48. The third kappa shape index (κ3) is 5.24. The van der Waals surface area contributed by atoms with Crippen LogP contribution in [0.1, 0.15) is 11.8 Å². The summed E-state index contributed by atoms with van der Waals surface area (Å²) in [6, 6.07) is 10.7. The molecule has 1 aromatic carbocycles. The lowest BCUT2D eigenvalue weighted by Crippen LogP contribution is -2.43. The zero-order valence-corrected chi connectivity index (χ0v) is 14.5. The Labute approximate surface area is 154 Å². The second-order valence-corrected chi connectivity index (χ2v) is 5.75. The predicted octanol–water partition coefficient (Wildman–Crippen LogP) is 3.10. The first-order valence-corrected chi connectivity index (χ1v) is 8.31. The SMILES string of the molecule is COc1cccc(C(Oc2ccccc2OC(F)(F)F)C2CNCCO2)n1. The minimum atomic E-state index is -4.83. The first-order chi connectivity index (χ1) is 13.0. The molecule has 0 radical (unpaired) electrons. The average Bonchev–Trinajstić information content (AvgIpc) is 2.67. The fourth-order valence-electron chi connectivity index (χ4n) is 2.70. The van der Waals surface area contributed by atoms with Crippen molar-refractivity contribution >= 4 is 0 Å². The molecule has 1 aliphatic rings. The third-order valence-electron chi connectivity index (χ3n) is 3.87. The molecule has 0 aliphatic carbocycles. The van der Waals surface area contributed by atoms with Gasteiger partial charge in [0.05, 0.1) is 19.4 Å². The lowest BCUT2D eigenvalue weighted by molar-refractivity contribution is -0.275. The number of hydrogen-bond donors (Lipinski definition) is 1. The highest BCUT2D eigenvalue weighted by Crippen LogP contribution is 2.36. The molecule has 2 atom stereocenters. The number of nitrogens with one attached hydrogen (secondary N) is 1. The lowest BCUT2D eigenvalue weighted by Gasteiger charge is -2.31. The average molecular weight is 384 g/mol. The summed E-state index contributed by atoms with van der Waals surface area (Å²) in [6.07, 6.45) is -6.03. The number of halogens is 3. The summed E-state index contributed by atoms with van der Waals surface area (Å²) >= 11 is 0. The van der Waals surface area contributed by atoms with Gasteiger partial charge >= 0.3 is 6.36 Å². The van der Waals surface area contributed by atoms with E-state index in [4.69, 9.17) is 14.2 Å². The maximum atomic E-state index is 12.7. The highest BCUT2D eigenvalue weighted by molar-refractivity contribution is 5.40. The van der Waals surface area contributed by atoms with Crippen molar-refractivity contribution in [2.75, 3.05) is 26.8 Å². The van der Waals surface area contributed by atoms with Crippen LogP contribution in [-0.2, 0) is 4.74 Å². The smallest absolute Gasteiger partial charge is 0.481 e. The quantitative estimate of drug-likeness (QED) is 0.826. The fraction of sp³-hybridized carbons (Fsp3) is 0.389. The van der Waals surface area contributed by atoms with Gasteiger partial charge in [-0.2, -0.15) is 0 Å². The molecule has 6 nitrogen and oxygen atoms in total. The third-order valence-corrected chi connectivity index (χ3v) is 3.87. The Balaban J connectivity index is 1.92. The molecule has 27 heavy (non-hydrogen) atoms. The molecule has 1 aliphatic heterocycles. The molecule has 146 valence electrons. The summed E-state index contributed by atoms with van der Waals surface area (Å²) in [5, 5.41) is 3.18. The monoisotopic (exact) mass is 384 g/mol. The highest BCUT2D eigenvalue weighted by Gasteiger charge is 2.34. The summed E-state index contributed by atoms with van der Waals surface area (Å²) in [4.78, 5) is 4.35. The number of aromatic nitrogens is 1. The lowest BCUT2D eigenvalue weighted by atomic mass is 10.1. The van der Waals surface area contributed by atoms with Crippen LogP contribution in [0.15, 0.2) is 42.5 Å². The Bertz CT molecular complexity index is 751. The summed E-state index contributed by atoms with van der Waals surface area (Å²) in [5.74, 6) is -0.120. The number of ether oxygens (including phenoxy) is 4. The molecule has 2 aromatic rings. The number of alkyl halides is 3. The van der Waals surface area contributed by atoms with Crippen LogP contribution in [0.25, 0.3) is 0 Å². The van der Waals surface area contributed by atoms with Crippen molar-refractivity contribution in [1.29, 1.82) is 0 Å². The van der Waals surface area contributed by atoms with Gasteiger partial charge in [-0.05, 0) is 18.2 Å². The summed E-state index contributed by atoms with van der Waals surface area (Å²) < 4.78 is 59.0. The van der Waals surface area contributed by atoms with E-state index in [1.807, 2.05) is 0 Å². The van der Waals surface area contributed by atoms with E-state index < -0.39 is 24.3 Å². The Hall–Kier alpha value is -2.52. The number of morpholine rings is 1. The number of nitrogens with zero attached hydrogens (tertiary/aromatic N) is 1. The van der Waals surface area contributed by atoms with Crippen LogP contribution in [0.3, 0.4) is 0 Å². The molecule has 3 rings (SSSR count). The number of benzene rings is 1. The molecule has 1 fully saturated rings. The van der Waals surface area contributed by atoms with Gasteiger partial charge in [0.2, 0.25) is 5.88 Å². The molecular formula is C18H19F3N2O4. The van der Waals surface area contributed by atoms with Gasteiger partial charge in [0.25, 0.3) is 0 Å². The number of methoxy groups -OCH3 is 1. The molecule has 1 aromatic heterocycles. The molecule has 9 heteroatoms. The Morgan fingerprint density at radius 2 is 1.93 bits per heavy atom. The van der Waals surface area contributed by atoms with E-state index in [2.05, 4.69) is 15.0 Å². The van der Waals surface area contributed by atoms with Crippen LogP contribution in [0.5, 0.6) is 17.4 Å². The molecule has 0 bridgehead atoms. The van der Waals surface area contributed by atoms with Crippen molar-refractivity contribution in [3.05, 3.63) is 48.2 Å². The van der Waals surface area contributed by atoms with Crippen molar-refractivity contribution in [2.24, 2.45) is 0 Å². The number of rotatable bonds is 6. The fourth-order valence-corrected chi connectivity index (χ4v) is 2.70.